The lowest BCUT2D eigenvalue weighted by atomic mass is 9.97. The normalized spacial score (nSPS) is 15.4. The van der Waals surface area contributed by atoms with Gasteiger partial charge in [0.25, 0.3) is 0 Å². The average Bonchev–Trinajstić information content (AvgIpc) is 3.23. The number of amides is 1. The highest BCUT2D eigenvalue weighted by molar-refractivity contribution is 6.03. The van der Waals surface area contributed by atoms with Crippen LogP contribution >= 0.6 is 0 Å². The molecule has 31 heavy (non-hydrogen) atoms. The number of nitrogens with zero attached hydrogens (tertiary/aromatic N) is 2. The van der Waals surface area contributed by atoms with Crippen molar-refractivity contribution in [3.8, 4) is 17.2 Å². The van der Waals surface area contributed by atoms with Gasteiger partial charge in [0, 0.05) is 24.8 Å². The number of hydrazone groups is 1. The molecular weight excluding hydrogens is 400 g/mol. The number of carbonyl (C=O) groups excluding carboxylic acids is 1. The smallest absolute Gasteiger partial charge is 0.303 e. The molecule has 0 saturated carbocycles. The van der Waals surface area contributed by atoms with Gasteiger partial charge in [-0.3, -0.25) is 9.59 Å². The molecule has 1 heterocycles. The number of hydrogen-bond donors (Lipinski definition) is 1. The maximum Gasteiger partial charge on any atom is 0.303 e. The molecule has 2 aromatic rings. The van der Waals surface area contributed by atoms with E-state index in [0.717, 1.165) is 22.6 Å². The molecule has 0 aromatic heterocycles. The van der Waals surface area contributed by atoms with Gasteiger partial charge in [0.2, 0.25) is 5.91 Å². The van der Waals surface area contributed by atoms with Gasteiger partial charge in [-0.1, -0.05) is 0 Å². The molecule has 1 aliphatic heterocycles. The van der Waals surface area contributed by atoms with Crippen LogP contribution in [0.15, 0.2) is 47.6 Å². The van der Waals surface area contributed by atoms with Crippen LogP contribution in [-0.4, -0.2) is 49.0 Å². The van der Waals surface area contributed by atoms with E-state index in [1.54, 1.807) is 33.5 Å². The molecule has 0 spiro atoms. The maximum absolute atomic E-state index is 13.0. The molecule has 8 heteroatoms. The molecular formula is C23H26N2O6. The van der Waals surface area contributed by atoms with Crippen molar-refractivity contribution in [1.82, 2.24) is 5.01 Å². The molecule has 1 amide bonds. The summed E-state index contributed by atoms with van der Waals surface area (Å²) in [6, 6.07) is 12.5. The Balaban J connectivity index is 1.94. The van der Waals surface area contributed by atoms with Gasteiger partial charge in [-0.2, -0.15) is 5.10 Å². The fraction of sp³-hybridized carbons (Fsp3) is 0.348. The lowest BCUT2D eigenvalue weighted by Crippen LogP contribution is -2.27. The Hall–Kier alpha value is -3.55. The minimum atomic E-state index is -0.928. The lowest BCUT2D eigenvalue weighted by Gasteiger charge is -2.24. The zero-order valence-corrected chi connectivity index (χ0v) is 17.8. The van der Waals surface area contributed by atoms with Gasteiger partial charge in [0.1, 0.15) is 17.2 Å². The predicted octanol–water partition coefficient (Wildman–Crippen LogP) is 3.65. The molecule has 164 valence electrons. The first-order valence-electron chi connectivity index (χ1n) is 9.94. The Morgan fingerprint density at radius 1 is 1.00 bits per heavy atom. The molecule has 0 bridgehead atoms. The third-order valence-electron chi connectivity index (χ3n) is 5.17. The number of carbonyl (C=O) groups is 2. The highest BCUT2D eigenvalue weighted by atomic mass is 16.5. The Kier molecular flexibility index (Phi) is 7.12. The number of carboxylic acid groups (broad SMARTS) is 1. The van der Waals surface area contributed by atoms with E-state index in [9.17, 15) is 9.59 Å². The van der Waals surface area contributed by atoms with Crippen molar-refractivity contribution in [2.45, 2.75) is 31.7 Å². The van der Waals surface area contributed by atoms with Crippen LogP contribution in [0.4, 0.5) is 0 Å². The summed E-state index contributed by atoms with van der Waals surface area (Å²) in [6.07, 6.45) is 0.761. The van der Waals surface area contributed by atoms with Crippen molar-refractivity contribution in [2.75, 3.05) is 21.3 Å². The van der Waals surface area contributed by atoms with Crippen LogP contribution in [0.5, 0.6) is 17.2 Å². The molecule has 0 saturated heterocycles. The van der Waals surface area contributed by atoms with Gasteiger partial charge in [-0.25, -0.2) is 5.01 Å². The number of carboxylic acids is 1. The quantitative estimate of drug-likeness (QED) is 0.657. The molecule has 3 rings (SSSR count). The number of rotatable bonds is 9. The van der Waals surface area contributed by atoms with Crippen molar-refractivity contribution >= 4 is 17.6 Å². The van der Waals surface area contributed by atoms with E-state index >= 15 is 0 Å². The second kappa shape index (κ2) is 9.97. The third kappa shape index (κ3) is 5.14. The summed E-state index contributed by atoms with van der Waals surface area (Å²) in [7, 11) is 4.75. The van der Waals surface area contributed by atoms with E-state index in [4.69, 9.17) is 19.3 Å². The number of benzene rings is 2. The van der Waals surface area contributed by atoms with Crippen LogP contribution < -0.4 is 14.2 Å². The summed E-state index contributed by atoms with van der Waals surface area (Å²) in [6.45, 7) is 0. The molecule has 1 aliphatic rings. The second-order valence-corrected chi connectivity index (χ2v) is 7.09. The van der Waals surface area contributed by atoms with Crippen molar-refractivity contribution in [2.24, 2.45) is 5.10 Å². The number of methoxy groups -OCH3 is 3. The first-order valence-corrected chi connectivity index (χ1v) is 9.94. The number of ether oxygens (including phenoxy) is 3. The standard InChI is InChI=1S/C23H26N2O6/c1-29-16-9-7-15(8-10-16)19-14-20(18-13-17(30-2)11-12-21(18)31-3)25(24-19)22(26)5-4-6-23(27)28/h7-13,20H,4-6,14H2,1-3H3,(H,27,28)/t20-/m0/s1. The Morgan fingerprint density at radius 2 is 1.68 bits per heavy atom. The Labute approximate surface area is 181 Å². The highest BCUT2D eigenvalue weighted by Gasteiger charge is 2.35. The molecule has 0 aliphatic carbocycles. The molecule has 0 unspecified atom stereocenters. The topological polar surface area (TPSA) is 97.7 Å². The second-order valence-electron chi connectivity index (χ2n) is 7.09. The SMILES string of the molecule is COc1ccc(C2=NN(C(=O)CCCC(=O)O)[C@H](c3cc(OC)ccc3OC)C2)cc1. The largest absolute Gasteiger partial charge is 0.497 e. The Morgan fingerprint density at radius 3 is 2.29 bits per heavy atom. The predicted molar refractivity (Wildman–Crippen MR) is 115 cm³/mol. The highest BCUT2D eigenvalue weighted by Crippen LogP contribution is 2.39. The van der Waals surface area contributed by atoms with Crippen LogP contribution in [0.25, 0.3) is 0 Å². The average molecular weight is 426 g/mol. The van der Waals surface area contributed by atoms with Crippen molar-refractivity contribution in [1.29, 1.82) is 0 Å². The van der Waals surface area contributed by atoms with E-state index in [-0.39, 0.29) is 31.2 Å². The first-order chi connectivity index (χ1) is 15.0. The van der Waals surface area contributed by atoms with Crippen LogP contribution in [0.3, 0.4) is 0 Å². The van der Waals surface area contributed by atoms with Crippen molar-refractivity contribution in [3.63, 3.8) is 0 Å². The maximum atomic E-state index is 13.0. The van der Waals surface area contributed by atoms with Gasteiger partial charge >= 0.3 is 5.97 Å². The molecule has 1 atom stereocenters. The number of aliphatic carboxylic acids is 1. The monoisotopic (exact) mass is 426 g/mol. The van der Waals surface area contributed by atoms with Gasteiger partial charge in [0.05, 0.1) is 33.1 Å². The summed E-state index contributed by atoms with van der Waals surface area (Å²) in [5.41, 5.74) is 2.42. The van der Waals surface area contributed by atoms with E-state index in [1.807, 2.05) is 30.3 Å². The first kappa shape index (κ1) is 22.1. The molecule has 8 nitrogen and oxygen atoms in total. The summed E-state index contributed by atoms with van der Waals surface area (Å²) in [5, 5.41) is 14.9. The minimum absolute atomic E-state index is 0.0677. The van der Waals surface area contributed by atoms with E-state index in [2.05, 4.69) is 5.10 Å². The molecule has 0 fully saturated rings. The van der Waals surface area contributed by atoms with E-state index in [1.165, 1.54) is 5.01 Å². The van der Waals surface area contributed by atoms with Crippen LogP contribution in [0.2, 0.25) is 0 Å². The zero-order valence-electron chi connectivity index (χ0n) is 17.8. The van der Waals surface area contributed by atoms with Crippen molar-refractivity contribution < 1.29 is 28.9 Å². The lowest BCUT2D eigenvalue weighted by molar-refractivity contribution is -0.137. The fourth-order valence-corrected chi connectivity index (χ4v) is 3.55. The van der Waals surface area contributed by atoms with Crippen LogP contribution in [0, 0.1) is 0 Å². The molecule has 1 N–H and O–H groups in total. The summed E-state index contributed by atoms with van der Waals surface area (Å²) < 4.78 is 16.1. The van der Waals surface area contributed by atoms with Gasteiger partial charge in [-0.05, 0) is 54.4 Å². The fourth-order valence-electron chi connectivity index (χ4n) is 3.55. The van der Waals surface area contributed by atoms with Crippen LogP contribution in [0.1, 0.15) is 42.9 Å². The summed E-state index contributed by atoms with van der Waals surface area (Å²) in [4.78, 5) is 23.8. The minimum Gasteiger partial charge on any atom is -0.497 e. The van der Waals surface area contributed by atoms with Crippen LogP contribution in [-0.2, 0) is 9.59 Å². The molecule has 0 radical (unpaired) electrons. The van der Waals surface area contributed by atoms with E-state index < -0.39 is 5.97 Å². The van der Waals surface area contributed by atoms with Crippen molar-refractivity contribution in [3.05, 3.63) is 53.6 Å². The van der Waals surface area contributed by atoms with Gasteiger partial charge < -0.3 is 19.3 Å². The molecule has 2 aromatic carbocycles. The van der Waals surface area contributed by atoms with E-state index in [0.29, 0.717) is 17.9 Å². The number of hydrogen-bond acceptors (Lipinski definition) is 6. The third-order valence-corrected chi connectivity index (χ3v) is 5.17. The van der Waals surface area contributed by atoms with Gasteiger partial charge in [-0.15, -0.1) is 0 Å². The summed E-state index contributed by atoms with van der Waals surface area (Å²) in [5.74, 6) is 0.838. The summed E-state index contributed by atoms with van der Waals surface area (Å²) >= 11 is 0. The van der Waals surface area contributed by atoms with Gasteiger partial charge in [0.15, 0.2) is 0 Å². The Bertz CT molecular complexity index is 971. The zero-order chi connectivity index (χ0) is 22.4.